The maximum Gasteiger partial charge on any atom is 0.220 e. The van der Waals surface area contributed by atoms with Crippen molar-refractivity contribution in [2.75, 3.05) is 27.2 Å². The van der Waals surface area contributed by atoms with Gasteiger partial charge in [0.25, 0.3) is 0 Å². The number of carbonyl (C=O) groups is 1. The van der Waals surface area contributed by atoms with Crippen molar-refractivity contribution in [3.8, 4) is 5.88 Å². The largest absolute Gasteiger partial charge is 0.476 e. The van der Waals surface area contributed by atoms with E-state index >= 15 is 0 Å². The molecule has 0 radical (unpaired) electrons. The van der Waals surface area contributed by atoms with Gasteiger partial charge in [-0.05, 0) is 26.2 Å². The smallest absolute Gasteiger partial charge is 0.220 e. The van der Waals surface area contributed by atoms with Crippen molar-refractivity contribution in [1.29, 1.82) is 0 Å². The standard InChI is InChI=1S/C17H25N5O2/c1-21(2)11-12-24-17-14(5-4-9-18-17)13-19-16(23)7-6-15-8-10-22(3)20-15/h4-5,8-10H,6-7,11-13H2,1-3H3,(H,19,23). The molecule has 0 fully saturated rings. The second kappa shape index (κ2) is 9.02. The van der Waals surface area contributed by atoms with Crippen molar-refractivity contribution in [2.24, 2.45) is 7.05 Å². The average molecular weight is 331 g/mol. The van der Waals surface area contributed by atoms with Crippen molar-refractivity contribution < 1.29 is 9.53 Å². The first-order valence-corrected chi connectivity index (χ1v) is 8.01. The Balaban J connectivity index is 1.79. The highest BCUT2D eigenvalue weighted by Crippen LogP contribution is 2.14. The molecule has 0 saturated heterocycles. The predicted molar refractivity (Wildman–Crippen MR) is 91.7 cm³/mol. The molecular formula is C17H25N5O2. The van der Waals surface area contributed by atoms with Gasteiger partial charge in [-0.3, -0.25) is 9.48 Å². The van der Waals surface area contributed by atoms with Crippen LogP contribution in [-0.4, -0.2) is 52.8 Å². The number of likely N-dealkylation sites (N-methyl/N-ethyl adjacent to an activating group) is 1. The molecule has 0 aliphatic carbocycles. The number of nitrogens with zero attached hydrogens (tertiary/aromatic N) is 4. The fourth-order valence-electron chi connectivity index (χ4n) is 2.13. The molecule has 0 bridgehead atoms. The summed E-state index contributed by atoms with van der Waals surface area (Å²) in [5, 5.41) is 7.18. The Morgan fingerprint density at radius 1 is 1.38 bits per heavy atom. The van der Waals surface area contributed by atoms with E-state index in [4.69, 9.17) is 4.74 Å². The molecular weight excluding hydrogens is 306 g/mol. The van der Waals surface area contributed by atoms with E-state index in [1.165, 1.54) is 0 Å². The molecule has 0 aliphatic heterocycles. The predicted octanol–water partition coefficient (Wildman–Crippen LogP) is 1.00. The van der Waals surface area contributed by atoms with Crippen molar-refractivity contribution in [3.05, 3.63) is 41.9 Å². The molecule has 0 saturated carbocycles. The summed E-state index contributed by atoms with van der Waals surface area (Å²) in [5.74, 6) is 0.563. The van der Waals surface area contributed by atoms with Crippen LogP contribution in [0.4, 0.5) is 0 Å². The lowest BCUT2D eigenvalue weighted by Crippen LogP contribution is -2.24. The van der Waals surface area contributed by atoms with E-state index in [0.29, 0.717) is 31.9 Å². The van der Waals surface area contributed by atoms with Gasteiger partial charge in [-0.15, -0.1) is 0 Å². The van der Waals surface area contributed by atoms with Crippen LogP contribution in [0.15, 0.2) is 30.6 Å². The van der Waals surface area contributed by atoms with E-state index in [1.807, 2.05) is 50.4 Å². The monoisotopic (exact) mass is 331 g/mol. The first kappa shape index (κ1) is 17.9. The summed E-state index contributed by atoms with van der Waals surface area (Å²) in [6.45, 7) is 1.78. The van der Waals surface area contributed by atoms with Gasteiger partial charge in [0.1, 0.15) is 6.61 Å². The van der Waals surface area contributed by atoms with Crippen LogP contribution in [0.1, 0.15) is 17.7 Å². The van der Waals surface area contributed by atoms with E-state index in [1.54, 1.807) is 10.9 Å². The van der Waals surface area contributed by atoms with E-state index in [9.17, 15) is 4.79 Å². The zero-order valence-corrected chi connectivity index (χ0v) is 14.5. The highest BCUT2D eigenvalue weighted by Gasteiger charge is 2.08. The lowest BCUT2D eigenvalue weighted by Gasteiger charge is -2.13. The maximum absolute atomic E-state index is 12.0. The third-order valence-corrected chi connectivity index (χ3v) is 3.48. The molecule has 2 rings (SSSR count). The van der Waals surface area contributed by atoms with Crippen molar-refractivity contribution >= 4 is 5.91 Å². The Hall–Kier alpha value is -2.41. The summed E-state index contributed by atoms with van der Waals surface area (Å²) in [7, 11) is 5.85. The first-order valence-electron chi connectivity index (χ1n) is 8.01. The molecule has 1 N–H and O–H groups in total. The molecule has 0 aliphatic rings. The fraction of sp³-hybridized carbons (Fsp3) is 0.471. The Bertz CT molecular complexity index is 654. The summed E-state index contributed by atoms with van der Waals surface area (Å²) < 4.78 is 7.43. The van der Waals surface area contributed by atoms with Crippen molar-refractivity contribution in [1.82, 2.24) is 25.0 Å². The third-order valence-electron chi connectivity index (χ3n) is 3.48. The molecule has 7 nitrogen and oxygen atoms in total. The van der Waals surface area contributed by atoms with E-state index in [-0.39, 0.29) is 5.91 Å². The zero-order chi connectivity index (χ0) is 17.4. The Labute approximate surface area is 142 Å². The number of amides is 1. The molecule has 0 atom stereocenters. The Kier molecular flexibility index (Phi) is 6.74. The van der Waals surface area contributed by atoms with E-state index < -0.39 is 0 Å². The Morgan fingerprint density at radius 2 is 2.21 bits per heavy atom. The number of pyridine rings is 1. The Morgan fingerprint density at radius 3 is 2.92 bits per heavy atom. The number of carbonyl (C=O) groups excluding carboxylic acids is 1. The van der Waals surface area contributed by atoms with Crippen molar-refractivity contribution in [2.45, 2.75) is 19.4 Å². The molecule has 0 unspecified atom stereocenters. The van der Waals surface area contributed by atoms with Gasteiger partial charge in [0, 0.05) is 50.9 Å². The quantitative estimate of drug-likeness (QED) is 0.742. The van der Waals surface area contributed by atoms with Gasteiger partial charge in [0.05, 0.1) is 5.69 Å². The fourth-order valence-corrected chi connectivity index (χ4v) is 2.13. The number of aromatic nitrogens is 3. The average Bonchev–Trinajstić information content (AvgIpc) is 2.97. The van der Waals surface area contributed by atoms with Crippen LogP contribution in [0.5, 0.6) is 5.88 Å². The first-order chi connectivity index (χ1) is 11.5. The molecule has 130 valence electrons. The number of aryl methyl sites for hydroxylation is 2. The number of ether oxygens (including phenoxy) is 1. The molecule has 7 heteroatoms. The van der Waals surface area contributed by atoms with Crippen molar-refractivity contribution in [3.63, 3.8) is 0 Å². The van der Waals surface area contributed by atoms with Gasteiger partial charge in [0.15, 0.2) is 0 Å². The van der Waals surface area contributed by atoms with Gasteiger partial charge in [-0.1, -0.05) is 6.07 Å². The van der Waals surface area contributed by atoms with Crippen LogP contribution in [-0.2, 0) is 24.8 Å². The van der Waals surface area contributed by atoms with Gasteiger partial charge in [-0.2, -0.15) is 5.10 Å². The van der Waals surface area contributed by atoms with Gasteiger partial charge >= 0.3 is 0 Å². The zero-order valence-electron chi connectivity index (χ0n) is 14.5. The van der Waals surface area contributed by atoms with Gasteiger partial charge < -0.3 is 15.0 Å². The molecule has 2 aromatic rings. The summed E-state index contributed by atoms with van der Waals surface area (Å²) >= 11 is 0. The molecule has 2 aromatic heterocycles. The van der Waals surface area contributed by atoms with Gasteiger partial charge in [-0.25, -0.2) is 4.98 Å². The number of hydrogen-bond acceptors (Lipinski definition) is 5. The third kappa shape index (κ3) is 6.00. The molecule has 24 heavy (non-hydrogen) atoms. The minimum Gasteiger partial charge on any atom is -0.476 e. The second-order valence-corrected chi connectivity index (χ2v) is 5.88. The van der Waals surface area contributed by atoms with E-state index in [2.05, 4.69) is 15.4 Å². The van der Waals surface area contributed by atoms with Gasteiger partial charge in [0.2, 0.25) is 11.8 Å². The SMILES string of the molecule is CN(C)CCOc1ncccc1CNC(=O)CCc1ccn(C)n1. The maximum atomic E-state index is 12.0. The lowest BCUT2D eigenvalue weighted by molar-refractivity contribution is -0.121. The highest BCUT2D eigenvalue weighted by atomic mass is 16.5. The molecule has 0 aromatic carbocycles. The number of nitrogens with one attached hydrogen (secondary N) is 1. The lowest BCUT2D eigenvalue weighted by atomic mass is 10.2. The molecule has 1 amide bonds. The second-order valence-electron chi connectivity index (χ2n) is 5.88. The van der Waals surface area contributed by atoms with Crippen LogP contribution >= 0.6 is 0 Å². The number of hydrogen-bond donors (Lipinski definition) is 1. The topological polar surface area (TPSA) is 72.3 Å². The summed E-state index contributed by atoms with van der Waals surface area (Å²) in [6.07, 6.45) is 4.61. The normalized spacial score (nSPS) is 10.8. The van der Waals surface area contributed by atoms with Crippen LogP contribution in [0, 0.1) is 0 Å². The van der Waals surface area contributed by atoms with Crippen LogP contribution in [0.25, 0.3) is 0 Å². The molecule has 0 spiro atoms. The summed E-state index contributed by atoms with van der Waals surface area (Å²) in [6, 6.07) is 5.68. The van der Waals surface area contributed by atoms with E-state index in [0.717, 1.165) is 17.8 Å². The molecule has 2 heterocycles. The minimum absolute atomic E-state index is 0.0104. The highest BCUT2D eigenvalue weighted by molar-refractivity contribution is 5.76. The number of rotatable bonds is 9. The summed E-state index contributed by atoms with van der Waals surface area (Å²) in [4.78, 5) is 18.3. The summed E-state index contributed by atoms with van der Waals surface area (Å²) in [5.41, 5.74) is 1.80. The van der Waals surface area contributed by atoms with Crippen LogP contribution in [0.3, 0.4) is 0 Å². The van der Waals surface area contributed by atoms with Crippen LogP contribution in [0.2, 0.25) is 0 Å². The minimum atomic E-state index is -0.0104. The van der Waals surface area contributed by atoms with Crippen LogP contribution < -0.4 is 10.1 Å².